The van der Waals surface area contributed by atoms with Crippen molar-refractivity contribution in [3.8, 4) is 17.2 Å². The Morgan fingerprint density at radius 1 is 1.03 bits per heavy atom. The monoisotopic (exact) mass is 437 g/mol. The molecule has 0 saturated carbocycles. The van der Waals surface area contributed by atoms with E-state index in [0.29, 0.717) is 17.2 Å². The number of benzene rings is 2. The van der Waals surface area contributed by atoms with Crippen molar-refractivity contribution in [2.24, 2.45) is 0 Å². The van der Waals surface area contributed by atoms with Gasteiger partial charge in [-0.15, -0.1) is 0 Å². The van der Waals surface area contributed by atoms with E-state index in [1.54, 1.807) is 31.2 Å². The Bertz CT molecular complexity index is 1050. The van der Waals surface area contributed by atoms with Crippen LogP contribution in [0.2, 0.25) is 0 Å². The van der Waals surface area contributed by atoms with Crippen LogP contribution in [0.5, 0.6) is 17.2 Å². The van der Waals surface area contributed by atoms with Crippen molar-refractivity contribution in [3.05, 3.63) is 71.5 Å². The predicted octanol–water partition coefficient (Wildman–Crippen LogP) is 4.73. The second-order valence-electron chi connectivity index (χ2n) is 8.59. The molecule has 7 heteroatoms. The molecule has 1 unspecified atom stereocenters. The maximum absolute atomic E-state index is 12.7. The van der Waals surface area contributed by atoms with Crippen LogP contribution in [0, 0.1) is 0 Å². The Morgan fingerprint density at radius 2 is 1.72 bits per heavy atom. The third-order valence-electron chi connectivity index (χ3n) is 5.21. The van der Waals surface area contributed by atoms with Gasteiger partial charge in [-0.25, -0.2) is 4.68 Å². The summed E-state index contributed by atoms with van der Waals surface area (Å²) in [5.74, 6) is 1.84. The third-order valence-corrected chi connectivity index (χ3v) is 5.21. The number of ether oxygens (including phenoxy) is 3. The molecule has 0 aliphatic rings. The van der Waals surface area contributed by atoms with Crippen molar-refractivity contribution in [1.29, 1.82) is 0 Å². The fourth-order valence-electron chi connectivity index (χ4n) is 3.27. The minimum absolute atomic E-state index is 0.0921. The number of hydrogen-bond donors (Lipinski definition) is 1. The van der Waals surface area contributed by atoms with E-state index in [1.807, 2.05) is 37.3 Å². The van der Waals surface area contributed by atoms with E-state index < -0.39 is 0 Å². The highest BCUT2D eigenvalue weighted by molar-refractivity contribution is 5.92. The van der Waals surface area contributed by atoms with Crippen LogP contribution >= 0.6 is 0 Å². The molecule has 0 spiro atoms. The fourth-order valence-corrected chi connectivity index (χ4v) is 3.27. The number of aromatic nitrogens is 2. The van der Waals surface area contributed by atoms with E-state index in [1.165, 1.54) is 5.56 Å². The van der Waals surface area contributed by atoms with Gasteiger partial charge in [0.15, 0.2) is 6.73 Å². The summed E-state index contributed by atoms with van der Waals surface area (Å²) in [4.78, 5) is 12.7. The largest absolute Gasteiger partial charge is 0.497 e. The first-order chi connectivity index (χ1) is 15.2. The van der Waals surface area contributed by atoms with Crippen molar-refractivity contribution in [3.63, 3.8) is 0 Å². The molecule has 1 atom stereocenters. The van der Waals surface area contributed by atoms with E-state index >= 15 is 0 Å². The van der Waals surface area contributed by atoms with Crippen molar-refractivity contribution in [2.45, 2.75) is 45.9 Å². The summed E-state index contributed by atoms with van der Waals surface area (Å²) in [5, 5.41) is 7.28. The summed E-state index contributed by atoms with van der Waals surface area (Å²) in [6.45, 7) is 8.61. The molecule has 32 heavy (non-hydrogen) atoms. The number of nitrogens with zero attached hydrogens (tertiary/aromatic N) is 2. The van der Waals surface area contributed by atoms with Crippen LogP contribution in [0.3, 0.4) is 0 Å². The maximum atomic E-state index is 12.7. The zero-order valence-corrected chi connectivity index (χ0v) is 19.5. The summed E-state index contributed by atoms with van der Waals surface area (Å²) >= 11 is 0. The Balaban J connectivity index is 1.61. The highest BCUT2D eigenvalue weighted by Crippen LogP contribution is 2.29. The van der Waals surface area contributed by atoms with Crippen LogP contribution in [0.15, 0.2) is 54.7 Å². The topological polar surface area (TPSA) is 74.6 Å². The molecule has 0 aliphatic carbocycles. The lowest BCUT2D eigenvalue weighted by molar-refractivity contribution is 0.0932. The smallest absolute Gasteiger partial charge is 0.272 e. The predicted molar refractivity (Wildman–Crippen MR) is 123 cm³/mol. The van der Waals surface area contributed by atoms with Gasteiger partial charge < -0.3 is 19.5 Å². The standard InChI is InChI=1S/C25H31N3O4/c1-17(21-15-20(30-5)11-12-23(21)31-6)26-24(29)22-13-14-28(27-22)16-32-19-9-7-18(8-10-19)25(2,3)4/h7-15,17H,16H2,1-6H3,(H,26,29). The Hall–Kier alpha value is -3.48. The lowest BCUT2D eigenvalue weighted by atomic mass is 9.87. The summed E-state index contributed by atoms with van der Waals surface area (Å²) in [6.07, 6.45) is 1.72. The number of nitrogens with one attached hydrogen (secondary N) is 1. The first-order valence-corrected chi connectivity index (χ1v) is 10.5. The van der Waals surface area contributed by atoms with Gasteiger partial charge in [0.1, 0.15) is 22.9 Å². The van der Waals surface area contributed by atoms with E-state index in [-0.39, 0.29) is 24.1 Å². The average molecular weight is 438 g/mol. The molecule has 0 saturated heterocycles. The number of carbonyl (C=O) groups excluding carboxylic acids is 1. The summed E-state index contributed by atoms with van der Waals surface area (Å²) in [6, 6.07) is 14.9. The number of carbonyl (C=O) groups is 1. The molecule has 1 aromatic heterocycles. The second-order valence-corrected chi connectivity index (χ2v) is 8.59. The molecule has 0 radical (unpaired) electrons. The Kier molecular flexibility index (Phi) is 7.08. The first-order valence-electron chi connectivity index (χ1n) is 10.5. The van der Waals surface area contributed by atoms with E-state index in [2.05, 4.69) is 43.3 Å². The van der Waals surface area contributed by atoms with Gasteiger partial charge in [0, 0.05) is 11.8 Å². The zero-order valence-electron chi connectivity index (χ0n) is 19.5. The SMILES string of the molecule is COc1ccc(OC)c(C(C)NC(=O)c2ccn(COc3ccc(C(C)(C)C)cc3)n2)c1. The number of rotatable bonds is 8. The van der Waals surface area contributed by atoms with Crippen LogP contribution in [0.4, 0.5) is 0 Å². The molecular formula is C25H31N3O4. The van der Waals surface area contributed by atoms with Gasteiger partial charge >= 0.3 is 0 Å². The van der Waals surface area contributed by atoms with E-state index in [0.717, 1.165) is 11.3 Å². The number of hydrogen-bond acceptors (Lipinski definition) is 5. The van der Waals surface area contributed by atoms with E-state index in [4.69, 9.17) is 14.2 Å². The minimum atomic E-state index is -0.296. The Morgan fingerprint density at radius 3 is 2.34 bits per heavy atom. The van der Waals surface area contributed by atoms with Crippen molar-refractivity contribution >= 4 is 5.91 Å². The van der Waals surface area contributed by atoms with Crippen LogP contribution in [-0.4, -0.2) is 29.9 Å². The first kappa shape index (κ1) is 23.2. The molecule has 1 heterocycles. The summed E-state index contributed by atoms with van der Waals surface area (Å²) in [7, 11) is 3.20. The lowest BCUT2D eigenvalue weighted by Gasteiger charge is -2.19. The van der Waals surface area contributed by atoms with Gasteiger partial charge in [-0.3, -0.25) is 4.79 Å². The second kappa shape index (κ2) is 9.77. The molecular weight excluding hydrogens is 406 g/mol. The van der Waals surface area contributed by atoms with Gasteiger partial charge in [0.25, 0.3) is 5.91 Å². The van der Waals surface area contributed by atoms with Crippen LogP contribution < -0.4 is 19.5 Å². The summed E-state index contributed by atoms with van der Waals surface area (Å²) < 4.78 is 18.1. The van der Waals surface area contributed by atoms with Crippen molar-refractivity contribution in [1.82, 2.24) is 15.1 Å². The molecule has 0 bridgehead atoms. The van der Waals surface area contributed by atoms with Crippen LogP contribution in [0.1, 0.15) is 55.4 Å². The van der Waals surface area contributed by atoms with Gasteiger partial charge in [-0.1, -0.05) is 32.9 Å². The van der Waals surface area contributed by atoms with Crippen LogP contribution in [0.25, 0.3) is 0 Å². The molecule has 0 fully saturated rings. The highest BCUT2D eigenvalue weighted by atomic mass is 16.5. The maximum Gasteiger partial charge on any atom is 0.272 e. The normalized spacial score (nSPS) is 12.2. The molecule has 1 N–H and O–H groups in total. The van der Waals surface area contributed by atoms with E-state index in [9.17, 15) is 4.79 Å². The minimum Gasteiger partial charge on any atom is -0.497 e. The summed E-state index contributed by atoms with van der Waals surface area (Å²) in [5.41, 5.74) is 2.46. The number of amides is 1. The van der Waals surface area contributed by atoms with Crippen molar-refractivity contribution in [2.75, 3.05) is 14.2 Å². The van der Waals surface area contributed by atoms with Crippen LogP contribution in [-0.2, 0) is 12.1 Å². The zero-order chi connectivity index (χ0) is 23.3. The molecule has 3 rings (SSSR count). The molecule has 2 aromatic carbocycles. The van der Waals surface area contributed by atoms with Gasteiger partial charge in [0.2, 0.25) is 0 Å². The number of methoxy groups -OCH3 is 2. The van der Waals surface area contributed by atoms with Gasteiger partial charge in [-0.2, -0.15) is 5.10 Å². The van der Waals surface area contributed by atoms with Gasteiger partial charge in [-0.05, 0) is 54.3 Å². The lowest BCUT2D eigenvalue weighted by Crippen LogP contribution is -2.27. The molecule has 0 aliphatic heterocycles. The highest BCUT2D eigenvalue weighted by Gasteiger charge is 2.18. The molecule has 3 aromatic rings. The Labute approximate surface area is 189 Å². The van der Waals surface area contributed by atoms with Crippen molar-refractivity contribution < 1.29 is 19.0 Å². The average Bonchev–Trinajstić information content (AvgIpc) is 3.26. The fraction of sp³-hybridized carbons (Fsp3) is 0.360. The molecule has 7 nitrogen and oxygen atoms in total. The quantitative estimate of drug-likeness (QED) is 0.552. The van der Waals surface area contributed by atoms with Gasteiger partial charge in [0.05, 0.1) is 20.3 Å². The molecule has 1 amide bonds. The molecule has 170 valence electrons. The third kappa shape index (κ3) is 5.60.